The SMILES string of the molecule is CCC(Oc1ccc(Br)nc1Cl)C(=O)O. The van der Waals surface area contributed by atoms with Crippen LogP contribution in [0.1, 0.15) is 13.3 Å². The van der Waals surface area contributed by atoms with Gasteiger partial charge in [-0.25, -0.2) is 9.78 Å². The molecule has 0 aliphatic rings. The van der Waals surface area contributed by atoms with Gasteiger partial charge in [-0.2, -0.15) is 0 Å². The summed E-state index contributed by atoms with van der Waals surface area (Å²) in [5, 5.41) is 8.92. The maximum Gasteiger partial charge on any atom is 0.344 e. The molecule has 0 aliphatic carbocycles. The largest absolute Gasteiger partial charge is 0.479 e. The fourth-order valence-electron chi connectivity index (χ4n) is 0.949. The predicted molar refractivity (Wildman–Crippen MR) is 59.3 cm³/mol. The number of hydrogen-bond acceptors (Lipinski definition) is 3. The third kappa shape index (κ3) is 3.35. The van der Waals surface area contributed by atoms with Crippen molar-refractivity contribution in [3.05, 3.63) is 21.9 Å². The summed E-state index contributed by atoms with van der Waals surface area (Å²) in [6, 6.07) is 3.21. The minimum absolute atomic E-state index is 0.143. The molecule has 0 amide bonds. The van der Waals surface area contributed by atoms with Crippen LogP contribution < -0.4 is 4.74 Å². The first-order chi connectivity index (χ1) is 7.04. The van der Waals surface area contributed by atoms with Crippen molar-refractivity contribution >= 4 is 33.5 Å². The fraction of sp³-hybridized carbons (Fsp3) is 0.333. The van der Waals surface area contributed by atoms with Gasteiger partial charge in [-0.1, -0.05) is 18.5 Å². The van der Waals surface area contributed by atoms with Crippen LogP contribution in [0.5, 0.6) is 5.75 Å². The lowest BCUT2D eigenvalue weighted by atomic mass is 10.3. The smallest absolute Gasteiger partial charge is 0.344 e. The Balaban J connectivity index is 2.84. The van der Waals surface area contributed by atoms with Gasteiger partial charge in [-0.15, -0.1) is 0 Å². The zero-order chi connectivity index (χ0) is 11.4. The third-order valence-corrected chi connectivity index (χ3v) is 2.41. The second kappa shape index (κ2) is 5.32. The summed E-state index contributed by atoms with van der Waals surface area (Å²) in [5.74, 6) is -0.745. The Bertz CT molecular complexity index is 372. The highest BCUT2D eigenvalue weighted by Gasteiger charge is 2.18. The van der Waals surface area contributed by atoms with Gasteiger partial charge in [0.05, 0.1) is 0 Å². The molecule has 15 heavy (non-hydrogen) atoms. The molecule has 1 aromatic rings. The lowest BCUT2D eigenvalue weighted by molar-refractivity contribution is -0.145. The number of carbonyl (C=O) groups is 1. The van der Waals surface area contributed by atoms with Crippen LogP contribution in [0.25, 0.3) is 0 Å². The molecule has 0 bridgehead atoms. The maximum atomic E-state index is 10.7. The van der Waals surface area contributed by atoms with Gasteiger partial charge in [0.1, 0.15) is 4.60 Å². The highest BCUT2D eigenvalue weighted by molar-refractivity contribution is 9.10. The number of hydrogen-bond donors (Lipinski definition) is 1. The number of aliphatic carboxylic acids is 1. The van der Waals surface area contributed by atoms with Crippen molar-refractivity contribution in [2.45, 2.75) is 19.4 Å². The number of carboxylic acids is 1. The van der Waals surface area contributed by atoms with E-state index in [2.05, 4.69) is 20.9 Å². The molecule has 0 radical (unpaired) electrons. The molecule has 1 N–H and O–H groups in total. The molecule has 1 atom stereocenters. The fourth-order valence-corrected chi connectivity index (χ4v) is 1.56. The maximum absolute atomic E-state index is 10.7. The molecular weight excluding hydrogens is 285 g/mol. The average Bonchev–Trinajstić information content (AvgIpc) is 2.16. The summed E-state index contributed by atoms with van der Waals surface area (Å²) >= 11 is 8.92. The number of rotatable bonds is 4. The van der Waals surface area contributed by atoms with Crippen molar-refractivity contribution in [2.24, 2.45) is 0 Å². The van der Waals surface area contributed by atoms with E-state index < -0.39 is 12.1 Å². The number of halogens is 2. The molecule has 0 aliphatic heterocycles. The molecule has 1 unspecified atom stereocenters. The zero-order valence-corrected chi connectivity index (χ0v) is 10.2. The molecule has 4 nitrogen and oxygen atoms in total. The Morgan fingerprint density at radius 3 is 2.87 bits per heavy atom. The second-order valence-electron chi connectivity index (χ2n) is 2.78. The molecule has 1 rings (SSSR count). The van der Waals surface area contributed by atoms with Gasteiger partial charge in [-0.3, -0.25) is 0 Å². The van der Waals surface area contributed by atoms with Crippen molar-refractivity contribution < 1.29 is 14.6 Å². The zero-order valence-electron chi connectivity index (χ0n) is 7.91. The number of nitrogens with zero attached hydrogens (tertiary/aromatic N) is 1. The topological polar surface area (TPSA) is 59.4 Å². The monoisotopic (exact) mass is 293 g/mol. The van der Waals surface area contributed by atoms with Crippen molar-refractivity contribution in [3.8, 4) is 5.75 Å². The molecule has 0 saturated carbocycles. The van der Waals surface area contributed by atoms with E-state index in [9.17, 15) is 4.79 Å². The van der Waals surface area contributed by atoms with Crippen LogP contribution >= 0.6 is 27.5 Å². The van der Waals surface area contributed by atoms with Crippen molar-refractivity contribution in [2.75, 3.05) is 0 Å². The Labute approximate surface area is 100 Å². The number of carboxylic acid groups (broad SMARTS) is 1. The van der Waals surface area contributed by atoms with E-state index in [1.54, 1.807) is 19.1 Å². The molecule has 0 spiro atoms. The van der Waals surface area contributed by atoms with Crippen molar-refractivity contribution in [1.29, 1.82) is 0 Å². The lowest BCUT2D eigenvalue weighted by Crippen LogP contribution is -2.26. The van der Waals surface area contributed by atoms with Gasteiger partial charge in [-0.05, 0) is 34.5 Å². The van der Waals surface area contributed by atoms with Crippen LogP contribution in [0.4, 0.5) is 0 Å². The summed E-state index contributed by atoms with van der Waals surface area (Å²) in [5.41, 5.74) is 0. The van der Waals surface area contributed by atoms with E-state index in [0.29, 0.717) is 11.0 Å². The van der Waals surface area contributed by atoms with Crippen molar-refractivity contribution in [1.82, 2.24) is 4.98 Å². The molecule has 1 aromatic heterocycles. The molecule has 0 fully saturated rings. The van der Waals surface area contributed by atoms with Crippen LogP contribution in [0.3, 0.4) is 0 Å². The lowest BCUT2D eigenvalue weighted by Gasteiger charge is -2.13. The van der Waals surface area contributed by atoms with E-state index in [-0.39, 0.29) is 10.9 Å². The van der Waals surface area contributed by atoms with Gasteiger partial charge in [0.2, 0.25) is 0 Å². The van der Waals surface area contributed by atoms with Crippen LogP contribution in [0, 0.1) is 0 Å². The third-order valence-electron chi connectivity index (χ3n) is 1.70. The highest BCUT2D eigenvalue weighted by atomic mass is 79.9. The quantitative estimate of drug-likeness (QED) is 0.868. The predicted octanol–water partition coefficient (Wildman–Crippen LogP) is 2.74. The first-order valence-corrected chi connectivity index (χ1v) is 5.43. The highest BCUT2D eigenvalue weighted by Crippen LogP contribution is 2.25. The summed E-state index contributed by atoms with van der Waals surface area (Å²) in [6.45, 7) is 1.72. The number of pyridine rings is 1. The van der Waals surface area contributed by atoms with E-state index in [0.717, 1.165) is 0 Å². The summed E-state index contributed by atoms with van der Waals surface area (Å²) in [6.07, 6.45) is -0.535. The first kappa shape index (κ1) is 12.3. The van der Waals surface area contributed by atoms with Crippen LogP contribution in [0.15, 0.2) is 16.7 Å². The summed E-state index contributed by atoms with van der Waals surface area (Å²) in [4.78, 5) is 14.6. The van der Waals surface area contributed by atoms with Crippen molar-refractivity contribution in [3.63, 3.8) is 0 Å². The van der Waals surface area contributed by atoms with Gasteiger partial charge in [0, 0.05) is 0 Å². The summed E-state index contributed by atoms with van der Waals surface area (Å²) in [7, 11) is 0. The van der Waals surface area contributed by atoms with E-state index in [1.165, 1.54) is 0 Å². The Morgan fingerprint density at radius 2 is 2.40 bits per heavy atom. The first-order valence-electron chi connectivity index (χ1n) is 4.26. The van der Waals surface area contributed by atoms with E-state index >= 15 is 0 Å². The second-order valence-corrected chi connectivity index (χ2v) is 3.95. The van der Waals surface area contributed by atoms with Gasteiger partial charge < -0.3 is 9.84 Å². The molecule has 1 heterocycles. The molecule has 0 aromatic carbocycles. The van der Waals surface area contributed by atoms with Gasteiger partial charge in [0.15, 0.2) is 17.0 Å². The van der Waals surface area contributed by atoms with Crippen LogP contribution in [-0.2, 0) is 4.79 Å². The van der Waals surface area contributed by atoms with Gasteiger partial charge in [0.25, 0.3) is 0 Å². The Morgan fingerprint density at radius 1 is 1.73 bits per heavy atom. The minimum Gasteiger partial charge on any atom is -0.479 e. The molecule has 6 heteroatoms. The van der Waals surface area contributed by atoms with Crippen LogP contribution in [0.2, 0.25) is 5.15 Å². The van der Waals surface area contributed by atoms with E-state index in [1.807, 2.05) is 0 Å². The van der Waals surface area contributed by atoms with E-state index in [4.69, 9.17) is 21.4 Å². The average molecular weight is 295 g/mol. The molecular formula is C9H9BrClNO3. The summed E-state index contributed by atoms with van der Waals surface area (Å²) < 4.78 is 5.77. The Hall–Kier alpha value is -0.810. The van der Waals surface area contributed by atoms with Gasteiger partial charge >= 0.3 is 5.97 Å². The minimum atomic E-state index is -1.02. The standard InChI is InChI=1S/C9H9BrClNO3/c1-2-5(9(13)14)15-6-3-4-7(10)12-8(6)11/h3-5H,2H2,1H3,(H,13,14). The molecule has 0 saturated heterocycles. The number of aromatic nitrogens is 1. The Kier molecular flexibility index (Phi) is 4.35. The van der Waals surface area contributed by atoms with Crippen LogP contribution in [-0.4, -0.2) is 22.2 Å². The normalized spacial score (nSPS) is 12.2. The molecule has 82 valence electrons. The number of ether oxygens (including phenoxy) is 1.